The second-order valence-corrected chi connectivity index (χ2v) is 6.61. The number of nitrogens with zero attached hydrogens (tertiary/aromatic N) is 3. The third kappa shape index (κ3) is 2.68. The molecule has 118 valence electrons. The van der Waals surface area contributed by atoms with Crippen LogP contribution in [0.25, 0.3) is 0 Å². The highest BCUT2D eigenvalue weighted by atomic mass is 32.1. The molecular weight excluding hydrogens is 318 g/mol. The first-order valence-electron chi connectivity index (χ1n) is 7.05. The number of amides is 1. The van der Waals surface area contributed by atoms with Crippen LogP contribution >= 0.6 is 11.3 Å². The summed E-state index contributed by atoms with van der Waals surface area (Å²) in [5.74, 6) is -0.123. The van der Waals surface area contributed by atoms with Gasteiger partial charge in [0.15, 0.2) is 0 Å². The maximum absolute atomic E-state index is 12.3. The minimum atomic E-state index is -0.676. The summed E-state index contributed by atoms with van der Waals surface area (Å²) in [6.07, 6.45) is 3.70. The maximum Gasteiger partial charge on any atom is 0.319 e. The fourth-order valence-electron chi connectivity index (χ4n) is 2.71. The molecule has 0 unspecified atom stereocenters. The standard InChI is InChI=1S/C14H13N5O3S/c1-7-2-3-8-9(5-15)14(23-11(8)4-7)17-13(20)12-10(19(21)22)6-16-18-12/h6-7H,2-4H2,1H3,(H,16,18)(H,17,20)/t7-/m0/s1. The largest absolute Gasteiger partial charge is 0.319 e. The lowest BCUT2D eigenvalue weighted by Gasteiger charge is -2.17. The van der Waals surface area contributed by atoms with Crippen molar-refractivity contribution in [3.05, 3.63) is 38.0 Å². The van der Waals surface area contributed by atoms with Gasteiger partial charge in [0.25, 0.3) is 5.91 Å². The lowest BCUT2D eigenvalue weighted by atomic mass is 9.89. The molecule has 0 saturated heterocycles. The smallest absolute Gasteiger partial charge is 0.311 e. The molecule has 2 aromatic heterocycles. The van der Waals surface area contributed by atoms with Crippen molar-refractivity contribution in [2.24, 2.45) is 5.92 Å². The van der Waals surface area contributed by atoms with E-state index in [1.165, 1.54) is 11.3 Å². The molecule has 0 aliphatic heterocycles. The number of carbonyl (C=O) groups is 1. The number of anilines is 1. The number of fused-ring (bicyclic) bond motifs is 1. The van der Waals surface area contributed by atoms with Crippen LogP contribution in [0.4, 0.5) is 10.7 Å². The molecule has 0 bridgehead atoms. The Kier molecular flexibility index (Phi) is 3.83. The molecule has 2 heterocycles. The van der Waals surface area contributed by atoms with Gasteiger partial charge in [-0.2, -0.15) is 10.4 Å². The molecule has 0 radical (unpaired) electrons. The number of hydrogen-bond donors (Lipinski definition) is 2. The van der Waals surface area contributed by atoms with Gasteiger partial charge in [0.2, 0.25) is 5.69 Å². The van der Waals surface area contributed by atoms with Crippen LogP contribution in [0.5, 0.6) is 0 Å². The Bertz CT molecular complexity index is 832. The van der Waals surface area contributed by atoms with Crippen LogP contribution in [0.2, 0.25) is 0 Å². The van der Waals surface area contributed by atoms with E-state index in [4.69, 9.17) is 0 Å². The first-order chi connectivity index (χ1) is 11.0. The second-order valence-electron chi connectivity index (χ2n) is 5.51. The highest BCUT2D eigenvalue weighted by Gasteiger charge is 2.27. The number of aromatic nitrogens is 2. The molecular formula is C14H13N5O3S. The number of aromatic amines is 1. The topological polar surface area (TPSA) is 125 Å². The van der Waals surface area contributed by atoms with Gasteiger partial charge in [-0.3, -0.25) is 20.0 Å². The molecule has 1 aliphatic rings. The Morgan fingerprint density at radius 1 is 1.65 bits per heavy atom. The molecule has 1 amide bonds. The second kappa shape index (κ2) is 5.81. The number of nitro groups is 1. The molecule has 1 aliphatic carbocycles. The van der Waals surface area contributed by atoms with Crippen LogP contribution in [0.15, 0.2) is 6.20 Å². The van der Waals surface area contributed by atoms with Gasteiger partial charge < -0.3 is 5.32 Å². The molecule has 3 rings (SSSR count). The van der Waals surface area contributed by atoms with E-state index in [0.29, 0.717) is 16.5 Å². The normalized spacial score (nSPS) is 16.4. The van der Waals surface area contributed by atoms with Crippen LogP contribution in [-0.2, 0) is 12.8 Å². The first-order valence-corrected chi connectivity index (χ1v) is 7.86. The minimum Gasteiger partial charge on any atom is -0.311 e. The van der Waals surface area contributed by atoms with Crippen molar-refractivity contribution in [3.63, 3.8) is 0 Å². The highest BCUT2D eigenvalue weighted by molar-refractivity contribution is 7.16. The van der Waals surface area contributed by atoms with Gasteiger partial charge in [0.05, 0.1) is 10.5 Å². The third-order valence-electron chi connectivity index (χ3n) is 3.89. The zero-order chi connectivity index (χ0) is 16.6. The van der Waals surface area contributed by atoms with E-state index in [9.17, 15) is 20.2 Å². The van der Waals surface area contributed by atoms with Gasteiger partial charge in [-0.05, 0) is 30.7 Å². The minimum absolute atomic E-state index is 0.223. The number of rotatable bonds is 3. The predicted molar refractivity (Wildman–Crippen MR) is 83.4 cm³/mol. The van der Waals surface area contributed by atoms with E-state index >= 15 is 0 Å². The Labute approximate surface area is 135 Å². The molecule has 2 N–H and O–H groups in total. The Balaban J connectivity index is 1.91. The zero-order valence-corrected chi connectivity index (χ0v) is 13.1. The average Bonchev–Trinajstić information content (AvgIpc) is 3.10. The fourth-order valence-corrected chi connectivity index (χ4v) is 4.06. The summed E-state index contributed by atoms with van der Waals surface area (Å²) >= 11 is 1.37. The van der Waals surface area contributed by atoms with Crippen molar-refractivity contribution >= 4 is 27.9 Å². The van der Waals surface area contributed by atoms with Crippen molar-refractivity contribution < 1.29 is 9.72 Å². The Morgan fingerprint density at radius 2 is 2.43 bits per heavy atom. The maximum atomic E-state index is 12.3. The summed E-state index contributed by atoms with van der Waals surface area (Å²) < 4.78 is 0. The van der Waals surface area contributed by atoms with Crippen molar-refractivity contribution in [3.8, 4) is 6.07 Å². The molecule has 2 aromatic rings. The molecule has 0 fully saturated rings. The molecule has 0 saturated carbocycles. The Morgan fingerprint density at radius 3 is 3.13 bits per heavy atom. The highest BCUT2D eigenvalue weighted by Crippen LogP contribution is 2.39. The van der Waals surface area contributed by atoms with Crippen LogP contribution in [-0.4, -0.2) is 21.0 Å². The van der Waals surface area contributed by atoms with Crippen LogP contribution in [0.3, 0.4) is 0 Å². The van der Waals surface area contributed by atoms with Crippen LogP contribution in [0.1, 0.15) is 39.8 Å². The number of thiophene rings is 1. The van der Waals surface area contributed by atoms with Gasteiger partial charge in [0, 0.05) is 4.88 Å². The number of H-pyrrole nitrogens is 1. The lowest BCUT2D eigenvalue weighted by Crippen LogP contribution is -2.14. The molecule has 1 atom stereocenters. The van der Waals surface area contributed by atoms with Crippen molar-refractivity contribution in [1.29, 1.82) is 5.26 Å². The number of carbonyl (C=O) groups excluding carboxylic acids is 1. The lowest BCUT2D eigenvalue weighted by molar-refractivity contribution is -0.385. The Hall–Kier alpha value is -2.73. The summed E-state index contributed by atoms with van der Waals surface area (Å²) in [6, 6.07) is 2.14. The van der Waals surface area contributed by atoms with E-state index in [1.54, 1.807) is 0 Å². The van der Waals surface area contributed by atoms with Crippen LogP contribution in [0, 0.1) is 27.4 Å². The zero-order valence-electron chi connectivity index (χ0n) is 12.3. The van der Waals surface area contributed by atoms with E-state index < -0.39 is 16.5 Å². The fraction of sp³-hybridized carbons (Fsp3) is 0.357. The van der Waals surface area contributed by atoms with Crippen molar-refractivity contribution in [2.45, 2.75) is 26.2 Å². The van der Waals surface area contributed by atoms with Gasteiger partial charge in [-0.15, -0.1) is 11.3 Å². The van der Waals surface area contributed by atoms with Gasteiger partial charge in [-0.25, -0.2) is 0 Å². The van der Waals surface area contributed by atoms with Gasteiger partial charge >= 0.3 is 5.69 Å². The number of hydrogen-bond acceptors (Lipinski definition) is 6. The summed E-state index contributed by atoms with van der Waals surface area (Å²) in [6.45, 7) is 2.15. The molecule has 8 nitrogen and oxygen atoms in total. The SMILES string of the molecule is C[C@H]1CCc2c(sc(NC(=O)c3[nH]ncc3[N+](=O)[O-])c2C#N)C1. The van der Waals surface area contributed by atoms with E-state index in [2.05, 4.69) is 28.5 Å². The monoisotopic (exact) mass is 331 g/mol. The number of nitriles is 1. The van der Waals surface area contributed by atoms with Crippen molar-refractivity contribution in [2.75, 3.05) is 5.32 Å². The summed E-state index contributed by atoms with van der Waals surface area (Å²) in [4.78, 5) is 23.6. The quantitative estimate of drug-likeness (QED) is 0.660. The molecule has 23 heavy (non-hydrogen) atoms. The van der Waals surface area contributed by atoms with Gasteiger partial charge in [-0.1, -0.05) is 6.92 Å². The molecule has 9 heteroatoms. The van der Waals surface area contributed by atoms with E-state index in [0.717, 1.165) is 35.9 Å². The molecule has 0 aromatic carbocycles. The van der Waals surface area contributed by atoms with E-state index in [1.807, 2.05) is 0 Å². The predicted octanol–water partition coefficient (Wildman–Crippen LogP) is 2.63. The van der Waals surface area contributed by atoms with E-state index in [-0.39, 0.29) is 5.69 Å². The summed E-state index contributed by atoms with van der Waals surface area (Å²) in [5.41, 5.74) is 0.840. The van der Waals surface area contributed by atoms with Crippen LogP contribution < -0.4 is 5.32 Å². The summed E-state index contributed by atoms with van der Waals surface area (Å²) in [5, 5.41) is 29.2. The number of nitrogens with one attached hydrogen (secondary N) is 2. The third-order valence-corrected chi connectivity index (χ3v) is 5.06. The van der Waals surface area contributed by atoms with Crippen molar-refractivity contribution in [1.82, 2.24) is 10.2 Å². The average molecular weight is 331 g/mol. The van der Waals surface area contributed by atoms with Gasteiger partial charge in [0.1, 0.15) is 17.3 Å². The summed E-state index contributed by atoms with van der Waals surface area (Å²) in [7, 11) is 0. The first kappa shape index (κ1) is 15.2. The molecule has 0 spiro atoms.